The van der Waals surface area contributed by atoms with Crippen LogP contribution >= 0.6 is 58.2 Å². The number of nitrogens with one attached hydrogen (secondary N) is 1. The van der Waals surface area contributed by atoms with E-state index in [-0.39, 0.29) is 24.1 Å². The van der Waals surface area contributed by atoms with Crippen molar-refractivity contribution in [2.24, 2.45) is 0 Å². The standard InChI is InChI=1S/C24H28Cl4N2O2S/c1-5-21(23(32)29-24(2,3)4)30(12-15-9-10-16(25)11-20(15)28)22(31)14-33-13-17-18(26)7-6-8-19(17)27/h6-11,21H,5,12-14H2,1-4H3,(H,29,32). The van der Waals surface area contributed by atoms with Crippen LogP contribution in [0, 0.1) is 0 Å². The lowest BCUT2D eigenvalue weighted by Gasteiger charge is -2.33. The zero-order chi connectivity index (χ0) is 24.8. The molecule has 0 aromatic heterocycles. The lowest BCUT2D eigenvalue weighted by molar-refractivity contribution is -0.140. The molecule has 1 unspecified atom stereocenters. The molecule has 2 rings (SSSR count). The lowest BCUT2D eigenvalue weighted by atomic mass is 10.1. The summed E-state index contributed by atoms with van der Waals surface area (Å²) in [6.45, 7) is 7.79. The van der Waals surface area contributed by atoms with Crippen molar-refractivity contribution < 1.29 is 9.59 Å². The van der Waals surface area contributed by atoms with E-state index in [1.165, 1.54) is 11.8 Å². The molecule has 2 amide bonds. The molecule has 1 N–H and O–H groups in total. The number of amides is 2. The molecule has 1 atom stereocenters. The number of halogens is 4. The molecule has 2 aromatic rings. The SMILES string of the molecule is CCC(C(=O)NC(C)(C)C)N(Cc1ccc(Cl)cc1Cl)C(=O)CSCc1c(Cl)cccc1Cl. The van der Waals surface area contributed by atoms with Gasteiger partial charge >= 0.3 is 0 Å². The highest BCUT2D eigenvalue weighted by Crippen LogP contribution is 2.29. The second kappa shape index (κ2) is 12.6. The molecule has 180 valence electrons. The third kappa shape index (κ3) is 8.56. The van der Waals surface area contributed by atoms with Gasteiger partial charge in [0.05, 0.1) is 5.75 Å². The van der Waals surface area contributed by atoms with E-state index >= 15 is 0 Å². The molecule has 9 heteroatoms. The van der Waals surface area contributed by atoms with Gasteiger partial charge in [0.1, 0.15) is 6.04 Å². The number of carbonyl (C=O) groups is 2. The van der Waals surface area contributed by atoms with Crippen molar-refractivity contribution in [2.75, 3.05) is 5.75 Å². The molecule has 0 heterocycles. The molecule has 0 saturated carbocycles. The third-order valence-corrected chi connectivity index (χ3v) is 7.01. The van der Waals surface area contributed by atoms with Crippen molar-refractivity contribution in [3.8, 4) is 0 Å². The molecule has 0 aliphatic heterocycles. The Morgan fingerprint density at radius 2 is 1.67 bits per heavy atom. The highest BCUT2D eigenvalue weighted by atomic mass is 35.5. The summed E-state index contributed by atoms with van der Waals surface area (Å²) in [5, 5.41) is 5.05. The summed E-state index contributed by atoms with van der Waals surface area (Å²) in [5.41, 5.74) is 1.08. The zero-order valence-corrected chi connectivity index (χ0v) is 22.9. The first-order chi connectivity index (χ1) is 15.4. The quantitative estimate of drug-likeness (QED) is 0.358. The average Bonchev–Trinajstić information content (AvgIpc) is 2.70. The van der Waals surface area contributed by atoms with Crippen LogP contribution < -0.4 is 5.32 Å². The van der Waals surface area contributed by atoms with E-state index in [1.54, 1.807) is 41.3 Å². The van der Waals surface area contributed by atoms with Crippen LogP contribution in [0.5, 0.6) is 0 Å². The van der Waals surface area contributed by atoms with Gasteiger partial charge < -0.3 is 10.2 Å². The van der Waals surface area contributed by atoms with Gasteiger partial charge in [-0.25, -0.2) is 0 Å². The highest BCUT2D eigenvalue weighted by Gasteiger charge is 2.31. The maximum Gasteiger partial charge on any atom is 0.243 e. The summed E-state index contributed by atoms with van der Waals surface area (Å²) in [7, 11) is 0. The number of thioether (sulfide) groups is 1. The molecule has 0 radical (unpaired) electrons. The van der Waals surface area contributed by atoms with Gasteiger partial charge in [0.2, 0.25) is 11.8 Å². The van der Waals surface area contributed by atoms with E-state index < -0.39 is 11.6 Å². The first-order valence-electron chi connectivity index (χ1n) is 10.5. The maximum absolute atomic E-state index is 13.3. The third-order valence-electron chi connectivity index (χ3n) is 4.77. The van der Waals surface area contributed by atoms with Gasteiger partial charge in [-0.05, 0) is 62.6 Å². The van der Waals surface area contributed by atoms with Crippen LogP contribution in [0.1, 0.15) is 45.2 Å². The summed E-state index contributed by atoms with van der Waals surface area (Å²) < 4.78 is 0. The summed E-state index contributed by atoms with van der Waals surface area (Å²) in [4.78, 5) is 28.0. The van der Waals surface area contributed by atoms with Gasteiger partial charge in [0.15, 0.2) is 0 Å². The van der Waals surface area contributed by atoms with E-state index in [1.807, 2.05) is 27.7 Å². The normalized spacial score (nSPS) is 12.4. The zero-order valence-electron chi connectivity index (χ0n) is 19.1. The van der Waals surface area contributed by atoms with Crippen molar-refractivity contribution >= 4 is 70.0 Å². The van der Waals surface area contributed by atoms with E-state index in [0.717, 1.165) is 11.1 Å². The monoisotopic (exact) mass is 548 g/mol. The smallest absolute Gasteiger partial charge is 0.243 e. The summed E-state index contributed by atoms with van der Waals surface area (Å²) >= 11 is 26.3. The number of benzene rings is 2. The van der Waals surface area contributed by atoms with Crippen LogP contribution in [0.15, 0.2) is 36.4 Å². The van der Waals surface area contributed by atoms with Crippen LogP contribution in [-0.4, -0.2) is 34.0 Å². The Hall–Kier alpha value is -1.11. The van der Waals surface area contributed by atoms with Gasteiger partial charge in [0.25, 0.3) is 0 Å². The predicted molar refractivity (Wildman–Crippen MR) is 142 cm³/mol. The van der Waals surface area contributed by atoms with Gasteiger partial charge in [-0.1, -0.05) is 65.5 Å². The molecule has 2 aromatic carbocycles. The van der Waals surface area contributed by atoms with E-state index in [2.05, 4.69) is 5.32 Å². The average molecular weight is 550 g/mol. The second-order valence-electron chi connectivity index (χ2n) is 8.61. The van der Waals surface area contributed by atoms with Crippen LogP contribution in [0.3, 0.4) is 0 Å². The molecule has 33 heavy (non-hydrogen) atoms. The molecule has 0 fully saturated rings. The molecule has 4 nitrogen and oxygen atoms in total. The highest BCUT2D eigenvalue weighted by molar-refractivity contribution is 7.99. The van der Waals surface area contributed by atoms with E-state index in [0.29, 0.717) is 32.3 Å². The van der Waals surface area contributed by atoms with Crippen LogP contribution in [0.2, 0.25) is 20.1 Å². The van der Waals surface area contributed by atoms with Crippen molar-refractivity contribution in [2.45, 2.75) is 58.0 Å². The van der Waals surface area contributed by atoms with Crippen molar-refractivity contribution in [3.63, 3.8) is 0 Å². The van der Waals surface area contributed by atoms with Crippen molar-refractivity contribution in [1.29, 1.82) is 0 Å². The summed E-state index contributed by atoms with van der Waals surface area (Å²) in [6, 6.07) is 9.79. The predicted octanol–water partition coefficient (Wildman–Crippen LogP) is 7.26. The first-order valence-corrected chi connectivity index (χ1v) is 13.2. The largest absolute Gasteiger partial charge is 0.350 e. The number of hydrogen-bond acceptors (Lipinski definition) is 3. The Bertz CT molecular complexity index is 975. The number of nitrogens with zero attached hydrogens (tertiary/aromatic N) is 1. The minimum atomic E-state index is -0.645. The molecule has 0 saturated heterocycles. The molecule has 0 bridgehead atoms. The van der Waals surface area contributed by atoms with Gasteiger partial charge in [0, 0.05) is 37.9 Å². The Morgan fingerprint density at radius 1 is 1.03 bits per heavy atom. The minimum absolute atomic E-state index is 0.159. The van der Waals surface area contributed by atoms with Crippen LogP contribution in [0.25, 0.3) is 0 Å². The first kappa shape index (κ1) is 28.1. The number of hydrogen-bond donors (Lipinski definition) is 1. The lowest BCUT2D eigenvalue weighted by Crippen LogP contribution is -2.53. The fourth-order valence-electron chi connectivity index (χ4n) is 3.20. The molecular formula is C24H28Cl4N2O2S. The van der Waals surface area contributed by atoms with E-state index in [4.69, 9.17) is 46.4 Å². The second-order valence-corrected chi connectivity index (χ2v) is 11.3. The van der Waals surface area contributed by atoms with Crippen LogP contribution in [-0.2, 0) is 21.9 Å². The minimum Gasteiger partial charge on any atom is -0.350 e. The summed E-state index contributed by atoms with van der Waals surface area (Å²) in [6.07, 6.45) is 0.458. The topological polar surface area (TPSA) is 49.4 Å². The fourth-order valence-corrected chi connectivity index (χ4v) is 5.31. The molecular weight excluding hydrogens is 522 g/mol. The maximum atomic E-state index is 13.3. The molecule has 0 aliphatic carbocycles. The van der Waals surface area contributed by atoms with Gasteiger partial charge in [-0.3, -0.25) is 9.59 Å². The Morgan fingerprint density at radius 3 is 2.21 bits per heavy atom. The Balaban J connectivity index is 2.24. The van der Waals surface area contributed by atoms with Gasteiger partial charge in [-0.15, -0.1) is 11.8 Å². The van der Waals surface area contributed by atoms with E-state index in [9.17, 15) is 9.59 Å². The number of carbonyl (C=O) groups excluding carboxylic acids is 2. The van der Waals surface area contributed by atoms with Crippen LogP contribution in [0.4, 0.5) is 0 Å². The Kier molecular flexibility index (Phi) is 10.7. The van der Waals surface area contributed by atoms with Crippen molar-refractivity contribution in [1.82, 2.24) is 10.2 Å². The Labute approximate surface area is 220 Å². The number of rotatable bonds is 9. The molecule has 0 aliphatic rings. The van der Waals surface area contributed by atoms with Gasteiger partial charge in [-0.2, -0.15) is 0 Å². The fraction of sp³-hybridized carbons (Fsp3) is 0.417. The summed E-state index contributed by atoms with van der Waals surface area (Å²) in [5.74, 6) is 0.254. The molecule has 0 spiro atoms. The van der Waals surface area contributed by atoms with Crippen molar-refractivity contribution in [3.05, 3.63) is 67.6 Å².